The van der Waals surface area contributed by atoms with Gasteiger partial charge in [-0.25, -0.2) is 9.97 Å². The van der Waals surface area contributed by atoms with Crippen LogP contribution in [0.2, 0.25) is 0 Å². The highest BCUT2D eigenvalue weighted by atomic mass is 16.5. The van der Waals surface area contributed by atoms with E-state index < -0.39 is 5.54 Å². The molecule has 1 saturated carbocycles. The predicted octanol–water partition coefficient (Wildman–Crippen LogP) is 3.18. The van der Waals surface area contributed by atoms with Gasteiger partial charge in [0, 0.05) is 73.2 Å². The fraction of sp³-hybridized carbons (Fsp3) is 0.407. The standard InChI is InChI=1S/C27H35N7O/c1-32(2)13-14-33(3)24-15-25(35-4)27(29,16-21(24)28)26-30-12-11-22(31-26)20-17-34(18-9-10-18)23-8-6-5-7-19(20)23/h5-8,11-12,15,17-18H,9-10,13-14,16,28-29H2,1-4H3. The van der Waals surface area contributed by atoms with Crippen LogP contribution in [0.4, 0.5) is 0 Å². The van der Waals surface area contributed by atoms with Crippen molar-refractivity contribution >= 4 is 10.9 Å². The Morgan fingerprint density at radius 1 is 1.14 bits per heavy atom. The molecule has 1 fully saturated rings. The van der Waals surface area contributed by atoms with Crippen molar-refractivity contribution in [3.8, 4) is 11.3 Å². The van der Waals surface area contributed by atoms with Crippen LogP contribution in [0.1, 0.15) is 31.1 Å². The van der Waals surface area contributed by atoms with Crippen LogP contribution in [0, 0.1) is 0 Å². The Balaban J connectivity index is 1.51. The molecule has 2 aliphatic rings. The first-order valence-corrected chi connectivity index (χ1v) is 12.1. The van der Waals surface area contributed by atoms with Gasteiger partial charge in [-0.1, -0.05) is 18.2 Å². The molecule has 4 N–H and O–H groups in total. The second-order valence-electron chi connectivity index (χ2n) is 9.96. The van der Waals surface area contributed by atoms with Gasteiger partial charge in [0.2, 0.25) is 0 Å². The molecule has 3 aromatic rings. The fourth-order valence-corrected chi connectivity index (χ4v) is 4.87. The minimum Gasteiger partial charge on any atom is -0.499 e. The molecule has 1 aromatic carbocycles. The molecule has 8 heteroatoms. The van der Waals surface area contributed by atoms with Gasteiger partial charge in [0.05, 0.1) is 18.5 Å². The Hall–Kier alpha value is -3.36. The number of likely N-dealkylation sites (N-methyl/N-ethyl adjacent to an activating group) is 2. The summed E-state index contributed by atoms with van der Waals surface area (Å²) in [6, 6.07) is 11.0. The molecule has 0 aliphatic heterocycles. The summed E-state index contributed by atoms with van der Waals surface area (Å²) in [4.78, 5) is 13.8. The molecule has 8 nitrogen and oxygen atoms in total. The van der Waals surface area contributed by atoms with E-state index >= 15 is 0 Å². The van der Waals surface area contributed by atoms with Crippen LogP contribution in [0.5, 0.6) is 0 Å². The Morgan fingerprint density at radius 3 is 2.63 bits per heavy atom. The quantitative estimate of drug-likeness (QED) is 0.518. The van der Waals surface area contributed by atoms with Crippen molar-refractivity contribution in [3.63, 3.8) is 0 Å². The van der Waals surface area contributed by atoms with Crippen LogP contribution in [0.15, 0.2) is 66.0 Å². The SMILES string of the molecule is COC1=CC(N(C)CCN(C)C)=C(N)CC1(N)c1nccc(-c2cn(C3CC3)c3ccccc23)n1. The lowest BCUT2D eigenvalue weighted by Gasteiger charge is -2.36. The van der Waals surface area contributed by atoms with Crippen LogP contribution in [-0.4, -0.2) is 65.7 Å². The second kappa shape index (κ2) is 9.02. The topological polar surface area (TPSA) is 98.5 Å². The number of hydrogen-bond acceptors (Lipinski definition) is 7. The van der Waals surface area contributed by atoms with Crippen molar-refractivity contribution in [2.75, 3.05) is 41.3 Å². The van der Waals surface area contributed by atoms with Gasteiger partial charge < -0.3 is 30.6 Å². The molecular formula is C27H35N7O. The number of nitrogens with two attached hydrogens (primary N) is 2. The lowest BCUT2D eigenvalue weighted by molar-refractivity contribution is 0.205. The Labute approximate surface area is 206 Å². The molecule has 0 bridgehead atoms. The molecule has 5 rings (SSSR count). The van der Waals surface area contributed by atoms with Crippen molar-refractivity contribution in [1.29, 1.82) is 0 Å². The number of ether oxygens (including phenoxy) is 1. The van der Waals surface area contributed by atoms with Crippen LogP contribution in [0.3, 0.4) is 0 Å². The van der Waals surface area contributed by atoms with Gasteiger partial charge in [-0.3, -0.25) is 0 Å². The lowest BCUT2D eigenvalue weighted by atomic mass is 9.85. The Bertz CT molecular complexity index is 1300. The number of nitrogens with zero attached hydrogens (tertiary/aromatic N) is 5. The predicted molar refractivity (Wildman–Crippen MR) is 139 cm³/mol. The number of fused-ring (bicyclic) bond motifs is 1. The van der Waals surface area contributed by atoms with Crippen molar-refractivity contribution in [2.24, 2.45) is 11.5 Å². The molecule has 0 saturated heterocycles. The molecule has 2 heterocycles. The van der Waals surface area contributed by atoms with E-state index in [1.165, 1.54) is 23.7 Å². The number of rotatable bonds is 8. The number of benzene rings is 1. The summed E-state index contributed by atoms with van der Waals surface area (Å²) in [5.41, 5.74) is 17.3. The van der Waals surface area contributed by atoms with E-state index in [0.717, 1.165) is 30.0 Å². The highest BCUT2D eigenvalue weighted by Crippen LogP contribution is 2.42. The summed E-state index contributed by atoms with van der Waals surface area (Å²) in [6.07, 6.45) is 8.75. The van der Waals surface area contributed by atoms with E-state index in [-0.39, 0.29) is 0 Å². The number of para-hydroxylation sites is 1. The monoisotopic (exact) mass is 473 g/mol. The number of allylic oxidation sites excluding steroid dienone is 1. The average molecular weight is 474 g/mol. The van der Waals surface area contributed by atoms with Gasteiger partial charge in [0.1, 0.15) is 11.3 Å². The van der Waals surface area contributed by atoms with Gasteiger partial charge in [-0.2, -0.15) is 0 Å². The Morgan fingerprint density at radius 2 is 1.91 bits per heavy atom. The van der Waals surface area contributed by atoms with Crippen LogP contribution in [-0.2, 0) is 10.3 Å². The normalized spacial score (nSPS) is 20.5. The third-order valence-electron chi connectivity index (χ3n) is 7.03. The van der Waals surface area contributed by atoms with E-state index in [4.69, 9.17) is 21.2 Å². The van der Waals surface area contributed by atoms with Crippen LogP contribution >= 0.6 is 0 Å². The van der Waals surface area contributed by atoms with Crippen LogP contribution < -0.4 is 11.5 Å². The zero-order chi connectivity index (χ0) is 24.7. The summed E-state index contributed by atoms with van der Waals surface area (Å²) in [5, 5.41) is 1.19. The molecule has 0 amide bonds. The molecule has 1 atom stereocenters. The smallest absolute Gasteiger partial charge is 0.156 e. The first-order valence-electron chi connectivity index (χ1n) is 12.1. The number of methoxy groups -OCH3 is 1. The summed E-state index contributed by atoms with van der Waals surface area (Å²) >= 11 is 0. The van der Waals surface area contributed by atoms with E-state index in [9.17, 15) is 0 Å². The van der Waals surface area contributed by atoms with E-state index in [2.05, 4.69) is 63.9 Å². The molecular weight excluding hydrogens is 438 g/mol. The Kier molecular flexibility index (Phi) is 6.02. The maximum Gasteiger partial charge on any atom is 0.156 e. The van der Waals surface area contributed by atoms with Crippen molar-refractivity contribution in [1.82, 2.24) is 24.3 Å². The van der Waals surface area contributed by atoms with Gasteiger partial charge in [0.25, 0.3) is 0 Å². The van der Waals surface area contributed by atoms with Crippen molar-refractivity contribution in [2.45, 2.75) is 30.8 Å². The largest absolute Gasteiger partial charge is 0.499 e. The summed E-state index contributed by atoms with van der Waals surface area (Å²) in [7, 11) is 7.78. The third kappa shape index (κ3) is 4.28. The molecule has 0 radical (unpaired) electrons. The van der Waals surface area contributed by atoms with E-state index in [1.54, 1.807) is 13.3 Å². The zero-order valence-electron chi connectivity index (χ0n) is 21.0. The summed E-state index contributed by atoms with van der Waals surface area (Å²) in [6.45, 7) is 1.75. The number of hydrogen-bond donors (Lipinski definition) is 2. The zero-order valence-corrected chi connectivity index (χ0v) is 21.0. The highest BCUT2D eigenvalue weighted by Gasteiger charge is 2.41. The number of aromatic nitrogens is 3. The molecule has 1 unspecified atom stereocenters. The first kappa shape index (κ1) is 23.4. The van der Waals surface area contributed by atoms with Crippen molar-refractivity contribution < 1.29 is 4.74 Å². The summed E-state index contributed by atoms with van der Waals surface area (Å²) in [5.74, 6) is 1.11. The molecule has 2 aromatic heterocycles. The van der Waals surface area contributed by atoms with Gasteiger partial charge in [0.15, 0.2) is 5.82 Å². The first-order chi connectivity index (χ1) is 16.8. The average Bonchev–Trinajstić information content (AvgIpc) is 3.62. The van der Waals surface area contributed by atoms with Gasteiger partial charge in [-0.15, -0.1) is 0 Å². The lowest BCUT2D eigenvalue weighted by Crippen LogP contribution is -2.45. The molecule has 0 spiro atoms. The summed E-state index contributed by atoms with van der Waals surface area (Å²) < 4.78 is 8.18. The van der Waals surface area contributed by atoms with Gasteiger partial charge >= 0.3 is 0 Å². The molecule has 184 valence electrons. The van der Waals surface area contributed by atoms with Crippen molar-refractivity contribution in [3.05, 3.63) is 71.8 Å². The maximum atomic E-state index is 6.97. The van der Waals surface area contributed by atoms with Crippen LogP contribution in [0.25, 0.3) is 22.2 Å². The van der Waals surface area contributed by atoms with Gasteiger partial charge in [-0.05, 0) is 39.1 Å². The maximum absolute atomic E-state index is 6.97. The van der Waals surface area contributed by atoms with E-state index in [0.29, 0.717) is 29.7 Å². The van der Waals surface area contributed by atoms with E-state index in [1.807, 2.05) is 19.2 Å². The molecule has 35 heavy (non-hydrogen) atoms. The minimum absolute atomic E-state index is 0.377. The third-order valence-corrected chi connectivity index (χ3v) is 7.03. The highest BCUT2D eigenvalue weighted by molar-refractivity contribution is 5.95. The minimum atomic E-state index is -1.05. The second-order valence-corrected chi connectivity index (χ2v) is 9.96. The fourth-order valence-electron chi connectivity index (χ4n) is 4.87. The molecule has 2 aliphatic carbocycles.